The summed E-state index contributed by atoms with van der Waals surface area (Å²) in [6.07, 6.45) is 1.97. The van der Waals surface area contributed by atoms with Gasteiger partial charge in [-0.05, 0) is 29.1 Å². The van der Waals surface area contributed by atoms with E-state index in [0.717, 1.165) is 23.0 Å². The summed E-state index contributed by atoms with van der Waals surface area (Å²) < 4.78 is 21.9. The molecule has 0 unspecified atom stereocenters. The van der Waals surface area contributed by atoms with E-state index in [1.807, 2.05) is 30.5 Å². The maximum atomic E-state index is 5.72. The molecule has 26 heavy (non-hydrogen) atoms. The molecule has 1 fully saturated rings. The van der Waals surface area contributed by atoms with Gasteiger partial charge in [0.2, 0.25) is 0 Å². The first kappa shape index (κ1) is 18.8. The van der Waals surface area contributed by atoms with Crippen molar-refractivity contribution >= 4 is 16.8 Å². The summed E-state index contributed by atoms with van der Waals surface area (Å²) in [5.41, 5.74) is 1.05. The van der Waals surface area contributed by atoms with E-state index in [1.54, 1.807) is 13.2 Å². The highest BCUT2D eigenvalue weighted by Gasteiger charge is 2.36. The van der Waals surface area contributed by atoms with Gasteiger partial charge in [-0.3, -0.25) is 4.99 Å². The van der Waals surface area contributed by atoms with Gasteiger partial charge in [-0.2, -0.15) is 0 Å². The van der Waals surface area contributed by atoms with E-state index in [9.17, 15) is 0 Å². The van der Waals surface area contributed by atoms with Gasteiger partial charge in [0.15, 0.2) is 5.76 Å². The molecule has 1 aliphatic rings. The SMILES string of the molecule is COc1ccc(COc2cc(C(=N[C@@H]3COCC3(C)C)SC)on2)cc1. The Morgan fingerprint density at radius 3 is 2.73 bits per heavy atom. The van der Waals surface area contributed by atoms with Crippen molar-refractivity contribution < 1.29 is 18.7 Å². The van der Waals surface area contributed by atoms with E-state index >= 15 is 0 Å². The average molecular weight is 376 g/mol. The Balaban J connectivity index is 1.65. The first-order valence-electron chi connectivity index (χ1n) is 8.44. The van der Waals surface area contributed by atoms with E-state index in [4.69, 9.17) is 23.7 Å². The zero-order chi connectivity index (χ0) is 18.6. The van der Waals surface area contributed by atoms with Crippen molar-refractivity contribution in [3.63, 3.8) is 0 Å². The molecule has 1 aliphatic heterocycles. The van der Waals surface area contributed by atoms with Gasteiger partial charge in [0.05, 0.1) is 32.4 Å². The summed E-state index contributed by atoms with van der Waals surface area (Å²) in [6.45, 7) is 6.08. The molecule has 7 heteroatoms. The van der Waals surface area contributed by atoms with Crippen LogP contribution in [0.25, 0.3) is 0 Å². The second-order valence-electron chi connectivity index (χ2n) is 6.82. The highest BCUT2D eigenvalue weighted by molar-refractivity contribution is 8.13. The fourth-order valence-corrected chi connectivity index (χ4v) is 3.16. The number of thioether (sulfide) groups is 1. The Morgan fingerprint density at radius 1 is 1.35 bits per heavy atom. The van der Waals surface area contributed by atoms with Crippen molar-refractivity contribution in [2.75, 3.05) is 26.6 Å². The quantitative estimate of drug-likeness (QED) is 0.564. The van der Waals surface area contributed by atoms with Gasteiger partial charge in [0.1, 0.15) is 17.4 Å². The topological polar surface area (TPSA) is 66.1 Å². The molecule has 0 bridgehead atoms. The molecule has 1 aromatic carbocycles. The highest BCUT2D eigenvalue weighted by Crippen LogP contribution is 2.31. The van der Waals surface area contributed by atoms with Crippen molar-refractivity contribution in [1.82, 2.24) is 5.16 Å². The van der Waals surface area contributed by atoms with Crippen LogP contribution in [0.1, 0.15) is 25.2 Å². The Labute approximate surface area is 157 Å². The van der Waals surface area contributed by atoms with Crippen LogP contribution in [0.4, 0.5) is 0 Å². The molecule has 0 aliphatic carbocycles. The van der Waals surface area contributed by atoms with Crippen LogP contribution >= 0.6 is 11.8 Å². The predicted octanol–water partition coefficient (Wildman–Crippen LogP) is 3.80. The lowest BCUT2D eigenvalue weighted by molar-refractivity contribution is 0.167. The second kappa shape index (κ2) is 8.14. The Bertz CT molecular complexity index is 755. The van der Waals surface area contributed by atoms with Crippen molar-refractivity contribution in [1.29, 1.82) is 0 Å². The normalized spacial score (nSPS) is 19.5. The largest absolute Gasteiger partial charge is 0.497 e. The molecule has 0 N–H and O–H groups in total. The lowest BCUT2D eigenvalue weighted by atomic mass is 9.88. The lowest BCUT2D eigenvalue weighted by Crippen LogP contribution is -2.26. The van der Waals surface area contributed by atoms with Crippen LogP contribution in [0, 0.1) is 5.41 Å². The van der Waals surface area contributed by atoms with Crippen LogP contribution in [-0.2, 0) is 11.3 Å². The minimum Gasteiger partial charge on any atom is -0.497 e. The minimum absolute atomic E-state index is 0.0225. The molecule has 1 aromatic heterocycles. The number of rotatable bonds is 6. The molecule has 2 heterocycles. The fraction of sp³-hybridized carbons (Fsp3) is 0.474. The van der Waals surface area contributed by atoms with Crippen LogP contribution in [0.3, 0.4) is 0 Å². The second-order valence-corrected chi connectivity index (χ2v) is 7.62. The average Bonchev–Trinajstić information content (AvgIpc) is 3.24. The van der Waals surface area contributed by atoms with E-state index in [2.05, 4.69) is 19.0 Å². The number of aromatic nitrogens is 1. The standard InChI is InChI=1S/C19H24N2O4S/c1-19(2)12-23-11-16(19)20-18(26-4)15-9-17(21-25-15)24-10-13-5-7-14(22-3)8-6-13/h5-9,16H,10-12H2,1-4H3/t16-/m1/s1. The number of hydrogen-bond donors (Lipinski definition) is 0. The van der Waals surface area contributed by atoms with Gasteiger partial charge < -0.3 is 18.7 Å². The molecule has 0 amide bonds. The number of hydrogen-bond acceptors (Lipinski definition) is 7. The maximum absolute atomic E-state index is 5.72. The molecule has 1 atom stereocenters. The van der Waals surface area contributed by atoms with Crippen LogP contribution in [-0.4, -0.2) is 42.8 Å². The van der Waals surface area contributed by atoms with Crippen LogP contribution in [0.5, 0.6) is 11.6 Å². The maximum Gasteiger partial charge on any atom is 0.255 e. The smallest absolute Gasteiger partial charge is 0.255 e. The zero-order valence-electron chi connectivity index (χ0n) is 15.5. The Hall–Kier alpha value is -1.99. The number of methoxy groups -OCH3 is 1. The van der Waals surface area contributed by atoms with Gasteiger partial charge >= 0.3 is 0 Å². The third kappa shape index (κ3) is 4.40. The van der Waals surface area contributed by atoms with E-state index in [0.29, 0.717) is 24.9 Å². The van der Waals surface area contributed by atoms with Gasteiger partial charge in [-0.25, -0.2) is 0 Å². The highest BCUT2D eigenvalue weighted by atomic mass is 32.2. The number of aliphatic imine (C=N–C) groups is 1. The van der Waals surface area contributed by atoms with Crippen LogP contribution in [0.15, 0.2) is 39.8 Å². The number of ether oxygens (including phenoxy) is 3. The Kier molecular flexibility index (Phi) is 5.88. The Morgan fingerprint density at radius 2 is 2.12 bits per heavy atom. The molecule has 3 rings (SSSR count). The molecule has 0 spiro atoms. The van der Waals surface area contributed by atoms with Crippen molar-refractivity contribution in [3.05, 3.63) is 41.7 Å². The molecule has 140 valence electrons. The predicted molar refractivity (Wildman–Crippen MR) is 102 cm³/mol. The van der Waals surface area contributed by atoms with Crippen molar-refractivity contribution in [2.45, 2.75) is 26.5 Å². The monoisotopic (exact) mass is 376 g/mol. The third-order valence-electron chi connectivity index (χ3n) is 4.36. The van der Waals surface area contributed by atoms with E-state index < -0.39 is 0 Å². The molecule has 2 aromatic rings. The van der Waals surface area contributed by atoms with Gasteiger partial charge in [-0.15, -0.1) is 11.8 Å². The molecular weight excluding hydrogens is 352 g/mol. The van der Waals surface area contributed by atoms with E-state index in [1.165, 1.54) is 11.8 Å². The van der Waals surface area contributed by atoms with Crippen molar-refractivity contribution in [3.8, 4) is 11.6 Å². The third-order valence-corrected chi connectivity index (χ3v) is 5.06. The lowest BCUT2D eigenvalue weighted by Gasteiger charge is -2.21. The van der Waals surface area contributed by atoms with Gasteiger partial charge in [0.25, 0.3) is 5.88 Å². The van der Waals surface area contributed by atoms with Crippen LogP contribution in [0.2, 0.25) is 0 Å². The molecule has 1 saturated heterocycles. The minimum atomic E-state index is 0.0225. The number of benzene rings is 1. The fourth-order valence-electron chi connectivity index (χ4n) is 2.63. The molecule has 0 radical (unpaired) electrons. The van der Waals surface area contributed by atoms with Gasteiger partial charge in [-0.1, -0.05) is 26.0 Å². The van der Waals surface area contributed by atoms with E-state index in [-0.39, 0.29) is 11.5 Å². The summed E-state index contributed by atoms with van der Waals surface area (Å²) in [5.74, 6) is 1.88. The zero-order valence-corrected chi connectivity index (χ0v) is 16.3. The summed E-state index contributed by atoms with van der Waals surface area (Å²) in [6, 6.07) is 9.60. The molecule has 0 saturated carbocycles. The summed E-state index contributed by atoms with van der Waals surface area (Å²) in [7, 11) is 1.64. The summed E-state index contributed by atoms with van der Waals surface area (Å²) in [5, 5.41) is 4.80. The molecular formula is C19H24N2O4S. The first-order valence-corrected chi connectivity index (χ1v) is 9.66. The molecule has 6 nitrogen and oxygen atoms in total. The summed E-state index contributed by atoms with van der Waals surface area (Å²) >= 11 is 1.53. The van der Waals surface area contributed by atoms with Crippen molar-refractivity contribution in [2.24, 2.45) is 10.4 Å². The van der Waals surface area contributed by atoms with Crippen LogP contribution < -0.4 is 9.47 Å². The number of nitrogens with zero attached hydrogens (tertiary/aromatic N) is 2. The van der Waals surface area contributed by atoms with Gasteiger partial charge in [0, 0.05) is 5.41 Å². The first-order chi connectivity index (χ1) is 12.5. The summed E-state index contributed by atoms with van der Waals surface area (Å²) in [4.78, 5) is 4.82.